The SMILES string of the molecule is CCCc1ccc([C@H]2CC[C@H]([C@H]3CC[C@H](C/C=C/C(=O)O)CC3)CC2)cc1. The van der Waals surface area contributed by atoms with E-state index in [9.17, 15) is 4.79 Å². The molecule has 0 radical (unpaired) electrons. The van der Waals surface area contributed by atoms with Crippen LogP contribution in [0.1, 0.15) is 88.2 Å². The molecule has 0 saturated heterocycles. The molecule has 0 heterocycles. The number of hydrogen-bond acceptors (Lipinski definition) is 1. The Kier molecular flexibility index (Phi) is 7.55. The summed E-state index contributed by atoms with van der Waals surface area (Å²) in [4.78, 5) is 10.6. The summed E-state index contributed by atoms with van der Waals surface area (Å²) in [5, 5.41) is 8.71. The van der Waals surface area contributed by atoms with E-state index < -0.39 is 5.97 Å². The number of rotatable bonds is 7. The summed E-state index contributed by atoms with van der Waals surface area (Å²) in [6, 6.07) is 9.44. The Morgan fingerprint density at radius 1 is 0.963 bits per heavy atom. The third-order valence-electron chi connectivity index (χ3n) is 7.05. The molecule has 0 atom stereocenters. The van der Waals surface area contributed by atoms with E-state index in [1.165, 1.54) is 75.8 Å². The van der Waals surface area contributed by atoms with Crippen molar-refractivity contribution in [2.45, 2.75) is 83.5 Å². The molecular formula is C25H36O2. The fourth-order valence-corrected chi connectivity index (χ4v) is 5.43. The number of carbonyl (C=O) groups is 1. The molecule has 148 valence electrons. The maximum Gasteiger partial charge on any atom is 0.327 e. The van der Waals surface area contributed by atoms with Gasteiger partial charge in [-0.1, -0.05) is 43.7 Å². The van der Waals surface area contributed by atoms with Gasteiger partial charge in [-0.3, -0.25) is 0 Å². The molecule has 0 bridgehead atoms. The first-order valence-electron chi connectivity index (χ1n) is 11.1. The third-order valence-corrected chi connectivity index (χ3v) is 7.05. The lowest BCUT2D eigenvalue weighted by molar-refractivity contribution is -0.131. The first kappa shape index (κ1) is 20.2. The second kappa shape index (κ2) is 10.1. The molecule has 2 saturated carbocycles. The Morgan fingerprint density at radius 2 is 1.56 bits per heavy atom. The van der Waals surface area contributed by atoms with Crippen LogP contribution in [0.25, 0.3) is 0 Å². The van der Waals surface area contributed by atoms with Gasteiger partial charge in [-0.15, -0.1) is 0 Å². The minimum absolute atomic E-state index is 0.704. The molecule has 1 aromatic rings. The van der Waals surface area contributed by atoms with Gasteiger partial charge >= 0.3 is 5.97 Å². The molecule has 2 nitrogen and oxygen atoms in total. The lowest BCUT2D eigenvalue weighted by atomic mass is 9.68. The zero-order valence-electron chi connectivity index (χ0n) is 16.9. The topological polar surface area (TPSA) is 37.3 Å². The molecule has 2 heteroatoms. The van der Waals surface area contributed by atoms with Crippen molar-refractivity contribution in [2.75, 3.05) is 0 Å². The summed E-state index contributed by atoms with van der Waals surface area (Å²) in [7, 11) is 0. The Hall–Kier alpha value is -1.57. The number of hydrogen-bond donors (Lipinski definition) is 1. The third kappa shape index (κ3) is 5.96. The van der Waals surface area contributed by atoms with Crippen molar-refractivity contribution in [2.24, 2.45) is 17.8 Å². The van der Waals surface area contributed by atoms with Crippen molar-refractivity contribution in [3.8, 4) is 0 Å². The summed E-state index contributed by atoms with van der Waals surface area (Å²) >= 11 is 0. The predicted octanol–water partition coefficient (Wildman–Crippen LogP) is 6.75. The molecule has 1 N–H and O–H groups in total. The highest BCUT2D eigenvalue weighted by molar-refractivity contribution is 5.79. The zero-order chi connectivity index (χ0) is 19.1. The van der Waals surface area contributed by atoms with Crippen LogP contribution in [0.3, 0.4) is 0 Å². The van der Waals surface area contributed by atoms with Crippen LogP contribution in [-0.2, 0) is 11.2 Å². The second-order valence-corrected chi connectivity index (χ2v) is 8.86. The van der Waals surface area contributed by atoms with Crippen molar-refractivity contribution in [3.05, 3.63) is 47.5 Å². The smallest absolute Gasteiger partial charge is 0.327 e. The lowest BCUT2D eigenvalue weighted by Crippen LogP contribution is -2.25. The Labute approximate surface area is 165 Å². The van der Waals surface area contributed by atoms with Crippen molar-refractivity contribution < 1.29 is 9.90 Å². The summed E-state index contributed by atoms with van der Waals surface area (Å²) in [6.07, 6.45) is 17.3. The fourth-order valence-electron chi connectivity index (χ4n) is 5.43. The normalized spacial score (nSPS) is 29.1. The van der Waals surface area contributed by atoms with E-state index in [1.54, 1.807) is 5.56 Å². The van der Waals surface area contributed by atoms with Crippen LogP contribution in [0, 0.1) is 17.8 Å². The fraction of sp³-hybridized carbons (Fsp3) is 0.640. The zero-order valence-corrected chi connectivity index (χ0v) is 16.9. The van der Waals surface area contributed by atoms with Gasteiger partial charge in [0.15, 0.2) is 0 Å². The average molecular weight is 369 g/mol. The van der Waals surface area contributed by atoms with Crippen LogP contribution in [0.4, 0.5) is 0 Å². The molecular weight excluding hydrogens is 332 g/mol. The van der Waals surface area contributed by atoms with Crippen molar-refractivity contribution >= 4 is 5.97 Å². The summed E-state index contributed by atoms with van der Waals surface area (Å²) in [6.45, 7) is 2.25. The first-order chi connectivity index (χ1) is 13.2. The standard InChI is InChI=1S/C25H36O2/c1-2-4-19-7-11-21(12-8-19)23-15-17-24(18-16-23)22-13-9-20(10-14-22)5-3-6-25(26)27/h3,6-8,11-12,20,22-24H,2,4-5,9-10,13-18H2,1H3,(H,26,27)/b6-3+/t20-,22-,23-,24-. The van der Waals surface area contributed by atoms with Gasteiger partial charge in [0, 0.05) is 6.08 Å². The summed E-state index contributed by atoms with van der Waals surface area (Å²) in [5.41, 5.74) is 3.03. The Bertz CT molecular complexity index is 600. The van der Waals surface area contributed by atoms with Gasteiger partial charge in [-0.05, 0) is 99.0 Å². The summed E-state index contributed by atoms with van der Waals surface area (Å²) < 4.78 is 0. The Balaban J connectivity index is 1.41. The average Bonchev–Trinajstić information content (AvgIpc) is 2.69. The molecule has 0 aromatic heterocycles. The van der Waals surface area contributed by atoms with Gasteiger partial charge < -0.3 is 5.11 Å². The van der Waals surface area contributed by atoms with E-state index in [2.05, 4.69) is 31.2 Å². The van der Waals surface area contributed by atoms with E-state index in [0.717, 1.165) is 24.2 Å². The molecule has 0 spiro atoms. The van der Waals surface area contributed by atoms with Crippen molar-refractivity contribution in [1.29, 1.82) is 0 Å². The largest absolute Gasteiger partial charge is 0.478 e. The van der Waals surface area contributed by atoms with Crippen LogP contribution in [-0.4, -0.2) is 11.1 Å². The monoisotopic (exact) mass is 368 g/mol. The van der Waals surface area contributed by atoms with Crippen LogP contribution >= 0.6 is 0 Å². The van der Waals surface area contributed by atoms with Crippen molar-refractivity contribution in [1.82, 2.24) is 0 Å². The number of benzene rings is 1. The van der Waals surface area contributed by atoms with Crippen LogP contribution in [0.2, 0.25) is 0 Å². The number of carboxylic acids is 1. The number of aryl methyl sites for hydroxylation is 1. The van der Waals surface area contributed by atoms with Gasteiger partial charge in [0.05, 0.1) is 0 Å². The maximum atomic E-state index is 10.6. The molecule has 0 amide bonds. The molecule has 3 rings (SSSR count). The highest BCUT2D eigenvalue weighted by Crippen LogP contribution is 2.44. The highest BCUT2D eigenvalue weighted by atomic mass is 16.4. The molecule has 2 aliphatic rings. The van der Waals surface area contributed by atoms with Crippen LogP contribution < -0.4 is 0 Å². The number of allylic oxidation sites excluding steroid dienone is 1. The summed E-state index contributed by atoms with van der Waals surface area (Å²) in [5.74, 6) is 2.50. The van der Waals surface area contributed by atoms with E-state index in [4.69, 9.17) is 5.11 Å². The molecule has 0 aliphatic heterocycles. The van der Waals surface area contributed by atoms with Crippen LogP contribution in [0.15, 0.2) is 36.4 Å². The molecule has 27 heavy (non-hydrogen) atoms. The molecule has 0 unspecified atom stereocenters. The van der Waals surface area contributed by atoms with Gasteiger partial charge in [-0.25, -0.2) is 4.79 Å². The minimum atomic E-state index is -0.819. The molecule has 2 fully saturated rings. The highest BCUT2D eigenvalue weighted by Gasteiger charge is 2.31. The van der Waals surface area contributed by atoms with Gasteiger partial charge in [0.1, 0.15) is 0 Å². The van der Waals surface area contributed by atoms with Gasteiger partial charge in [0.25, 0.3) is 0 Å². The number of aliphatic carboxylic acids is 1. The predicted molar refractivity (Wildman–Crippen MR) is 112 cm³/mol. The van der Waals surface area contributed by atoms with E-state index in [0.29, 0.717) is 5.92 Å². The van der Waals surface area contributed by atoms with Gasteiger partial charge in [-0.2, -0.15) is 0 Å². The Morgan fingerprint density at radius 3 is 2.11 bits per heavy atom. The number of carboxylic acid groups (broad SMARTS) is 1. The maximum absolute atomic E-state index is 10.6. The second-order valence-electron chi connectivity index (χ2n) is 8.86. The van der Waals surface area contributed by atoms with Crippen molar-refractivity contribution in [3.63, 3.8) is 0 Å². The minimum Gasteiger partial charge on any atom is -0.478 e. The van der Waals surface area contributed by atoms with E-state index in [-0.39, 0.29) is 0 Å². The lowest BCUT2D eigenvalue weighted by Gasteiger charge is -2.38. The van der Waals surface area contributed by atoms with Gasteiger partial charge in [0.2, 0.25) is 0 Å². The van der Waals surface area contributed by atoms with E-state index >= 15 is 0 Å². The molecule has 1 aromatic carbocycles. The first-order valence-corrected chi connectivity index (χ1v) is 11.1. The quantitative estimate of drug-likeness (QED) is 0.540. The molecule has 2 aliphatic carbocycles. The van der Waals surface area contributed by atoms with E-state index in [1.807, 2.05) is 6.08 Å². The van der Waals surface area contributed by atoms with Crippen LogP contribution in [0.5, 0.6) is 0 Å².